The number of nitrogens with one attached hydrogen (secondary N) is 1. The number of likely N-dealkylation sites (tertiary alicyclic amines) is 2. The van der Waals surface area contributed by atoms with Crippen molar-refractivity contribution in [2.24, 2.45) is 0 Å². The summed E-state index contributed by atoms with van der Waals surface area (Å²) < 4.78 is 0. The molecule has 0 atom stereocenters. The lowest BCUT2D eigenvalue weighted by atomic mass is 10.1. The molecule has 2 heterocycles. The molecule has 2 saturated heterocycles. The molecule has 0 aliphatic carbocycles. The summed E-state index contributed by atoms with van der Waals surface area (Å²) in [7, 11) is 2.20. The number of hydrogen-bond acceptors (Lipinski definition) is 2. The highest BCUT2D eigenvalue weighted by Gasteiger charge is 2.19. The van der Waals surface area contributed by atoms with Crippen LogP contribution in [-0.4, -0.2) is 54.2 Å². The average Bonchev–Trinajstić information content (AvgIpc) is 2.31. The van der Waals surface area contributed by atoms with Gasteiger partial charge >= 0.3 is 0 Å². The van der Waals surface area contributed by atoms with Gasteiger partial charge in [0.2, 0.25) is 0 Å². The van der Waals surface area contributed by atoms with Gasteiger partial charge in [-0.2, -0.15) is 0 Å². The first kappa shape index (κ1) is 14.1. The summed E-state index contributed by atoms with van der Waals surface area (Å²) in [5.41, 5.74) is 0. The number of rotatable bonds is 1. The van der Waals surface area contributed by atoms with Gasteiger partial charge in [0.05, 0.1) is 0 Å². The minimum atomic E-state index is 0.596. The Bertz CT molecular complexity index is 254. The van der Waals surface area contributed by atoms with Gasteiger partial charge in [-0.3, -0.25) is 0 Å². The van der Waals surface area contributed by atoms with Crippen LogP contribution in [0.5, 0.6) is 0 Å². The zero-order chi connectivity index (χ0) is 12.8. The molecule has 18 heavy (non-hydrogen) atoms. The molecule has 2 aliphatic rings. The van der Waals surface area contributed by atoms with Gasteiger partial charge in [-0.05, 0) is 58.0 Å². The van der Waals surface area contributed by atoms with Gasteiger partial charge in [0.1, 0.15) is 0 Å². The molecule has 3 nitrogen and oxygen atoms in total. The summed E-state index contributed by atoms with van der Waals surface area (Å²) >= 11 is 5.59. The van der Waals surface area contributed by atoms with E-state index in [2.05, 4.69) is 22.2 Å². The van der Waals surface area contributed by atoms with Crippen molar-refractivity contribution in [2.45, 2.75) is 51.0 Å². The van der Waals surface area contributed by atoms with Crippen LogP contribution in [0.4, 0.5) is 0 Å². The Kier molecular flexibility index (Phi) is 5.70. The standard InChI is InChI=1S/C14H27N3S/c1-16-11-7-13(8-12-16)15-14(18)17-9-5-3-2-4-6-10-17/h13H,2-12H2,1H3,(H,15,18). The predicted molar refractivity (Wildman–Crippen MR) is 80.9 cm³/mol. The van der Waals surface area contributed by atoms with Crippen molar-refractivity contribution < 1.29 is 0 Å². The second-order valence-electron chi connectivity index (χ2n) is 5.78. The molecule has 1 N–H and O–H groups in total. The first-order valence-electron chi connectivity index (χ1n) is 7.50. The smallest absolute Gasteiger partial charge is 0.169 e. The third kappa shape index (κ3) is 4.39. The van der Waals surface area contributed by atoms with Crippen LogP contribution < -0.4 is 5.32 Å². The monoisotopic (exact) mass is 269 g/mol. The van der Waals surface area contributed by atoms with Gasteiger partial charge in [0.15, 0.2) is 5.11 Å². The van der Waals surface area contributed by atoms with E-state index in [4.69, 9.17) is 12.2 Å². The Morgan fingerprint density at radius 2 is 1.50 bits per heavy atom. The third-order valence-corrected chi connectivity index (χ3v) is 4.57. The van der Waals surface area contributed by atoms with E-state index in [1.165, 1.54) is 58.0 Å². The highest BCUT2D eigenvalue weighted by atomic mass is 32.1. The van der Waals surface area contributed by atoms with E-state index in [-0.39, 0.29) is 0 Å². The molecular weight excluding hydrogens is 242 g/mol. The SMILES string of the molecule is CN1CCC(NC(=S)N2CCCCCCC2)CC1. The molecule has 4 heteroatoms. The van der Waals surface area contributed by atoms with E-state index in [0.29, 0.717) is 6.04 Å². The second kappa shape index (κ2) is 7.29. The van der Waals surface area contributed by atoms with Gasteiger partial charge < -0.3 is 15.1 Å². The van der Waals surface area contributed by atoms with Gasteiger partial charge in [-0.25, -0.2) is 0 Å². The van der Waals surface area contributed by atoms with Crippen molar-refractivity contribution in [1.82, 2.24) is 15.1 Å². The largest absolute Gasteiger partial charge is 0.360 e. The first-order chi connectivity index (χ1) is 8.75. The number of hydrogen-bond donors (Lipinski definition) is 1. The van der Waals surface area contributed by atoms with Crippen LogP contribution in [0.3, 0.4) is 0 Å². The fourth-order valence-electron chi connectivity index (χ4n) is 2.87. The number of piperidine rings is 1. The summed E-state index contributed by atoms with van der Waals surface area (Å²) in [5, 5.41) is 4.59. The minimum absolute atomic E-state index is 0.596. The summed E-state index contributed by atoms with van der Waals surface area (Å²) in [4.78, 5) is 4.80. The maximum Gasteiger partial charge on any atom is 0.169 e. The van der Waals surface area contributed by atoms with E-state index in [0.717, 1.165) is 18.2 Å². The highest BCUT2D eigenvalue weighted by Crippen LogP contribution is 2.12. The zero-order valence-corrected chi connectivity index (χ0v) is 12.5. The summed E-state index contributed by atoms with van der Waals surface area (Å²) in [6.07, 6.45) is 9.20. The van der Waals surface area contributed by atoms with Crippen LogP contribution in [0, 0.1) is 0 Å². The van der Waals surface area contributed by atoms with Crippen molar-refractivity contribution in [3.8, 4) is 0 Å². The molecular formula is C14H27N3S. The molecule has 0 radical (unpaired) electrons. The van der Waals surface area contributed by atoms with Crippen molar-refractivity contribution in [3.63, 3.8) is 0 Å². The molecule has 0 bridgehead atoms. The van der Waals surface area contributed by atoms with Gasteiger partial charge in [0.25, 0.3) is 0 Å². The molecule has 0 aromatic heterocycles. The molecule has 0 spiro atoms. The molecule has 2 aliphatic heterocycles. The molecule has 0 aromatic rings. The van der Waals surface area contributed by atoms with Crippen LogP contribution >= 0.6 is 12.2 Å². The van der Waals surface area contributed by atoms with Crippen LogP contribution in [0.15, 0.2) is 0 Å². The maximum absolute atomic E-state index is 5.59. The number of thiocarbonyl (C=S) groups is 1. The average molecular weight is 269 g/mol. The van der Waals surface area contributed by atoms with Crippen LogP contribution in [0.2, 0.25) is 0 Å². The zero-order valence-electron chi connectivity index (χ0n) is 11.7. The minimum Gasteiger partial charge on any atom is -0.360 e. The van der Waals surface area contributed by atoms with Gasteiger partial charge in [0, 0.05) is 19.1 Å². The molecule has 0 unspecified atom stereocenters. The van der Waals surface area contributed by atoms with E-state index < -0.39 is 0 Å². The number of nitrogens with zero attached hydrogens (tertiary/aromatic N) is 2. The van der Waals surface area contributed by atoms with Crippen molar-refractivity contribution >= 4 is 17.3 Å². The first-order valence-corrected chi connectivity index (χ1v) is 7.90. The van der Waals surface area contributed by atoms with Crippen molar-refractivity contribution in [1.29, 1.82) is 0 Å². The topological polar surface area (TPSA) is 18.5 Å². The van der Waals surface area contributed by atoms with Gasteiger partial charge in [-0.15, -0.1) is 0 Å². The summed E-state index contributed by atoms with van der Waals surface area (Å²) in [6.45, 7) is 4.69. The summed E-state index contributed by atoms with van der Waals surface area (Å²) in [6, 6.07) is 0.596. The predicted octanol–water partition coefficient (Wildman–Crippen LogP) is 2.22. The molecule has 0 saturated carbocycles. The fraction of sp³-hybridized carbons (Fsp3) is 0.929. The van der Waals surface area contributed by atoms with Crippen molar-refractivity contribution in [2.75, 3.05) is 33.2 Å². The Morgan fingerprint density at radius 3 is 2.11 bits per heavy atom. The summed E-state index contributed by atoms with van der Waals surface area (Å²) in [5.74, 6) is 0. The Balaban J connectivity index is 1.75. The lowest BCUT2D eigenvalue weighted by molar-refractivity contribution is 0.242. The van der Waals surface area contributed by atoms with Crippen molar-refractivity contribution in [3.05, 3.63) is 0 Å². The van der Waals surface area contributed by atoms with Crippen LogP contribution in [0.1, 0.15) is 44.9 Å². The Morgan fingerprint density at radius 1 is 0.944 bits per heavy atom. The second-order valence-corrected chi connectivity index (χ2v) is 6.17. The normalized spacial score (nSPS) is 24.4. The molecule has 0 aromatic carbocycles. The maximum atomic E-state index is 5.59. The fourth-order valence-corrected chi connectivity index (χ4v) is 3.22. The Hall–Kier alpha value is -0.350. The van der Waals surface area contributed by atoms with Crippen LogP contribution in [0.25, 0.3) is 0 Å². The van der Waals surface area contributed by atoms with E-state index in [1.807, 2.05) is 0 Å². The molecule has 0 amide bonds. The molecule has 104 valence electrons. The third-order valence-electron chi connectivity index (χ3n) is 4.19. The highest BCUT2D eigenvalue weighted by molar-refractivity contribution is 7.80. The van der Waals surface area contributed by atoms with E-state index >= 15 is 0 Å². The van der Waals surface area contributed by atoms with Crippen LogP contribution in [-0.2, 0) is 0 Å². The Labute approximate surface area is 117 Å². The lowest BCUT2D eigenvalue weighted by Crippen LogP contribution is -2.49. The quantitative estimate of drug-likeness (QED) is 0.736. The van der Waals surface area contributed by atoms with E-state index in [1.54, 1.807) is 0 Å². The van der Waals surface area contributed by atoms with E-state index in [9.17, 15) is 0 Å². The molecule has 2 rings (SSSR count). The lowest BCUT2D eigenvalue weighted by Gasteiger charge is -2.34. The molecule has 2 fully saturated rings. The van der Waals surface area contributed by atoms with Gasteiger partial charge in [-0.1, -0.05) is 19.3 Å².